The number of nitrogens with one attached hydrogen (secondary N) is 2. The van der Waals surface area contributed by atoms with E-state index in [0.29, 0.717) is 23.8 Å². The number of carbonyl (C=O) groups excluding carboxylic acids is 1. The van der Waals surface area contributed by atoms with Gasteiger partial charge in [0.2, 0.25) is 0 Å². The molecule has 1 aliphatic rings. The summed E-state index contributed by atoms with van der Waals surface area (Å²) in [6.45, 7) is 8.09. The van der Waals surface area contributed by atoms with Crippen LogP contribution in [0.25, 0.3) is 0 Å². The summed E-state index contributed by atoms with van der Waals surface area (Å²) in [4.78, 5) is 14.2. The van der Waals surface area contributed by atoms with Crippen molar-refractivity contribution in [3.8, 4) is 0 Å². The zero-order chi connectivity index (χ0) is 15.2. The van der Waals surface area contributed by atoms with Gasteiger partial charge in [-0.05, 0) is 58.0 Å². The highest BCUT2D eigenvalue weighted by molar-refractivity contribution is 5.96. The number of amides is 1. The standard InChI is InChI=1S/C16H26N4O/c1-3-18-16(21)13-6-7-15(14(17)10-13)19-12(2)11-20-8-4-5-9-20/h6-7,10,12,19H,3-5,8-9,11,17H2,1-2H3,(H,18,21). The molecule has 1 atom stereocenters. The zero-order valence-electron chi connectivity index (χ0n) is 13.0. The van der Waals surface area contributed by atoms with Gasteiger partial charge in [0, 0.05) is 24.7 Å². The minimum Gasteiger partial charge on any atom is -0.397 e. The molecule has 1 aliphatic heterocycles. The molecule has 0 bridgehead atoms. The molecule has 2 rings (SSSR count). The monoisotopic (exact) mass is 290 g/mol. The molecule has 1 amide bonds. The first-order valence-electron chi connectivity index (χ1n) is 7.76. The van der Waals surface area contributed by atoms with Gasteiger partial charge in [0.1, 0.15) is 0 Å². The molecular weight excluding hydrogens is 264 g/mol. The fourth-order valence-corrected chi connectivity index (χ4v) is 2.76. The maximum Gasteiger partial charge on any atom is 0.251 e. The number of nitrogens with zero attached hydrogens (tertiary/aromatic N) is 1. The molecule has 4 N–H and O–H groups in total. The Morgan fingerprint density at radius 2 is 2.10 bits per heavy atom. The van der Waals surface area contributed by atoms with E-state index in [1.807, 2.05) is 19.1 Å². The summed E-state index contributed by atoms with van der Waals surface area (Å²) < 4.78 is 0. The molecule has 0 saturated carbocycles. The van der Waals surface area contributed by atoms with Gasteiger partial charge in [-0.15, -0.1) is 0 Å². The first kappa shape index (κ1) is 15.6. The number of rotatable bonds is 6. The zero-order valence-corrected chi connectivity index (χ0v) is 13.0. The van der Waals surface area contributed by atoms with Gasteiger partial charge in [0.05, 0.1) is 11.4 Å². The molecule has 21 heavy (non-hydrogen) atoms. The highest BCUT2D eigenvalue weighted by Gasteiger charge is 2.15. The van der Waals surface area contributed by atoms with Crippen molar-refractivity contribution in [2.75, 3.05) is 37.2 Å². The fourth-order valence-electron chi connectivity index (χ4n) is 2.76. The van der Waals surface area contributed by atoms with Gasteiger partial charge >= 0.3 is 0 Å². The molecule has 0 aromatic heterocycles. The third kappa shape index (κ3) is 4.36. The lowest BCUT2D eigenvalue weighted by Crippen LogP contribution is -2.33. The van der Waals surface area contributed by atoms with Crippen molar-refractivity contribution in [3.63, 3.8) is 0 Å². The van der Waals surface area contributed by atoms with Gasteiger partial charge < -0.3 is 21.3 Å². The van der Waals surface area contributed by atoms with Crippen LogP contribution in [0.3, 0.4) is 0 Å². The van der Waals surface area contributed by atoms with Gasteiger partial charge in [-0.25, -0.2) is 0 Å². The maximum atomic E-state index is 11.8. The molecule has 1 fully saturated rings. The van der Waals surface area contributed by atoms with Gasteiger partial charge in [-0.3, -0.25) is 4.79 Å². The summed E-state index contributed by atoms with van der Waals surface area (Å²) in [5.41, 5.74) is 8.17. The first-order valence-corrected chi connectivity index (χ1v) is 7.76. The van der Waals surface area contributed by atoms with Crippen LogP contribution in [-0.2, 0) is 0 Å². The van der Waals surface area contributed by atoms with E-state index in [0.717, 1.165) is 12.2 Å². The van der Waals surface area contributed by atoms with Crippen LogP contribution in [0.4, 0.5) is 11.4 Å². The van der Waals surface area contributed by atoms with Gasteiger partial charge in [0.15, 0.2) is 0 Å². The molecule has 0 spiro atoms. The predicted molar refractivity (Wildman–Crippen MR) is 87.6 cm³/mol. The van der Waals surface area contributed by atoms with E-state index in [-0.39, 0.29) is 5.91 Å². The lowest BCUT2D eigenvalue weighted by atomic mass is 10.1. The summed E-state index contributed by atoms with van der Waals surface area (Å²) >= 11 is 0. The Balaban J connectivity index is 1.95. The highest BCUT2D eigenvalue weighted by Crippen LogP contribution is 2.21. The molecule has 0 aliphatic carbocycles. The molecule has 1 aromatic carbocycles. The van der Waals surface area contributed by atoms with Crippen molar-refractivity contribution < 1.29 is 4.79 Å². The predicted octanol–water partition coefficient (Wildman–Crippen LogP) is 1.91. The Labute approximate surface area is 126 Å². The molecule has 5 nitrogen and oxygen atoms in total. The number of carbonyl (C=O) groups is 1. The van der Waals surface area contributed by atoms with Crippen LogP contribution in [-0.4, -0.2) is 43.0 Å². The van der Waals surface area contributed by atoms with Gasteiger partial charge in [-0.2, -0.15) is 0 Å². The number of nitrogen functional groups attached to an aromatic ring is 1. The Bertz CT molecular complexity index is 483. The van der Waals surface area contributed by atoms with Crippen molar-refractivity contribution >= 4 is 17.3 Å². The number of benzene rings is 1. The molecule has 1 heterocycles. The third-order valence-corrected chi connectivity index (χ3v) is 3.78. The largest absolute Gasteiger partial charge is 0.397 e. The Kier molecular flexibility index (Phi) is 5.44. The van der Waals surface area contributed by atoms with E-state index in [4.69, 9.17) is 5.73 Å². The molecular formula is C16H26N4O. The second-order valence-electron chi connectivity index (χ2n) is 5.71. The van der Waals surface area contributed by atoms with Crippen LogP contribution in [0.5, 0.6) is 0 Å². The number of hydrogen-bond donors (Lipinski definition) is 3. The Hall–Kier alpha value is -1.75. The third-order valence-electron chi connectivity index (χ3n) is 3.78. The first-order chi connectivity index (χ1) is 10.1. The van der Waals surface area contributed by atoms with Crippen LogP contribution in [0, 0.1) is 0 Å². The summed E-state index contributed by atoms with van der Waals surface area (Å²) in [5, 5.41) is 6.21. The lowest BCUT2D eigenvalue weighted by Gasteiger charge is -2.23. The van der Waals surface area contributed by atoms with E-state index >= 15 is 0 Å². The van der Waals surface area contributed by atoms with E-state index < -0.39 is 0 Å². The molecule has 1 saturated heterocycles. The molecule has 1 unspecified atom stereocenters. The topological polar surface area (TPSA) is 70.4 Å². The maximum absolute atomic E-state index is 11.8. The summed E-state index contributed by atoms with van der Waals surface area (Å²) in [5.74, 6) is -0.0825. The molecule has 5 heteroatoms. The quantitative estimate of drug-likeness (QED) is 0.700. The average Bonchev–Trinajstić information content (AvgIpc) is 2.94. The average molecular weight is 290 g/mol. The summed E-state index contributed by atoms with van der Waals surface area (Å²) in [6, 6.07) is 5.77. The van der Waals surface area contributed by atoms with Crippen molar-refractivity contribution in [2.45, 2.75) is 32.7 Å². The highest BCUT2D eigenvalue weighted by atomic mass is 16.1. The SMILES string of the molecule is CCNC(=O)c1ccc(NC(C)CN2CCCC2)c(N)c1. The van der Waals surface area contributed by atoms with E-state index in [2.05, 4.69) is 22.5 Å². The number of anilines is 2. The van der Waals surface area contributed by atoms with Crippen molar-refractivity contribution in [1.29, 1.82) is 0 Å². The summed E-state index contributed by atoms with van der Waals surface area (Å²) in [6.07, 6.45) is 2.60. The second kappa shape index (κ2) is 7.31. The van der Waals surface area contributed by atoms with Crippen LogP contribution >= 0.6 is 0 Å². The number of nitrogens with two attached hydrogens (primary N) is 1. The van der Waals surface area contributed by atoms with Crippen molar-refractivity contribution in [3.05, 3.63) is 23.8 Å². The van der Waals surface area contributed by atoms with Crippen molar-refractivity contribution in [2.24, 2.45) is 0 Å². The molecule has 116 valence electrons. The smallest absolute Gasteiger partial charge is 0.251 e. The normalized spacial score (nSPS) is 16.7. The summed E-state index contributed by atoms with van der Waals surface area (Å²) in [7, 11) is 0. The van der Waals surface area contributed by atoms with Crippen LogP contribution in [0.1, 0.15) is 37.0 Å². The fraction of sp³-hybridized carbons (Fsp3) is 0.562. The van der Waals surface area contributed by atoms with Gasteiger partial charge in [-0.1, -0.05) is 0 Å². The Morgan fingerprint density at radius 3 is 2.71 bits per heavy atom. The number of likely N-dealkylation sites (tertiary alicyclic amines) is 1. The van der Waals surface area contributed by atoms with Gasteiger partial charge in [0.25, 0.3) is 5.91 Å². The van der Waals surface area contributed by atoms with E-state index in [1.165, 1.54) is 25.9 Å². The second-order valence-corrected chi connectivity index (χ2v) is 5.71. The van der Waals surface area contributed by atoms with E-state index in [9.17, 15) is 4.79 Å². The van der Waals surface area contributed by atoms with Crippen LogP contribution in [0.2, 0.25) is 0 Å². The molecule has 0 radical (unpaired) electrons. The molecule has 1 aromatic rings. The minimum atomic E-state index is -0.0825. The minimum absolute atomic E-state index is 0.0825. The lowest BCUT2D eigenvalue weighted by molar-refractivity contribution is 0.0956. The number of hydrogen-bond acceptors (Lipinski definition) is 4. The van der Waals surface area contributed by atoms with Crippen molar-refractivity contribution in [1.82, 2.24) is 10.2 Å². The Morgan fingerprint density at radius 1 is 1.38 bits per heavy atom. The van der Waals surface area contributed by atoms with E-state index in [1.54, 1.807) is 6.07 Å². The van der Waals surface area contributed by atoms with Crippen LogP contribution in [0.15, 0.2) is 18.2 Å². The van der Waals surface area contributed by atoms with Crippen LogP contribution < -0.4 is 16.4 Å².